The van der Waals surface area contributed by atoms with Crippen molar-refractivity contribution >= 4 is 11.7 Å². The molecule has 0 saturated carbocycles. The number of carbonyl (C=O) groups excluding carboxylic acids is 1. The second-order valence-corrected chi connectivity index (χ2v) is 3.46. The molecular weight excluding hydrogens is 222 g/mol. The van der Waals surface area contributed by atoms with Crippen molar-refractivity contribution in [3.05, 3.63) is 27.9 Å². The van der Waals surface area contributed by atoms with Gasteiger partial charge in [0, 0.05) is 19.0 Å². The van der Waals surface area contributed by atoms with E-state index in [9.17, 15) is 14.9 Å². The highest BCUT2D eigenvalue weighted by atomic mass is 16.6. The van der Waals surface area contributed by atoms with Gasteiger partial charge in [0.25, 0.3) is 5.91 Å². The van der Waals surface area contributed by atoms with Crippen LogP contribution in [0.3, 0.4) is 0 Å². The number of hydrogen-bond acceptors (Lipinski definition) is 3. The van der Waals surface area contributed by atoms with Crippen LogP contribution < -0.4 is 5.32 Å². The fourth-order valence-electron chi connectivity index (χ4n) is 1.39. The molecule has 6 nitrogen and oxygen atoms in total. The molecule has 0 unspecified atom stereocenters. The van der Waals surface area contributed by atoms with Crippen LogP contribution in [0.1, 0.15) is 23.3 Å². The van der Waals surface area contributed by atoms with Gasteiger partial charge in [-0.3, -0.25) is 4.79 Å². The molecular formula is C11H13N3O3. The molecule has 17 heavy (non-hydrogen) atoms. The first-order chi connectivity index (χ1) is 8.07. The Hall–Kier alpha value is -2.29. The smallest absolute Gasteiger partial charge is 0.323 e. The van der Waals surface area contributed by atoms with Crippen LogP contribution in [0.2, 0.25) is 0 Å². The van der Waals surface area contributed by atoms with Crippen LogP contribution >= 0.6 is 0 Å². The van der Waals surface area contributed by atoms with E-state index < -0.39 is 4.92 Å². The molecule has 1 aromatic heterocycles. The van der Waals surface area contributed by atoms with Crippen LogP contribution in [0.25, 0.3) is 0 Å². The van der Waals surface area contributed by atoms with Gasteiger partial charge in [-0.1, -0.05) is 0 Å². The Bertz CT molecular complexity index is 471. The van der Waals surface area contributed by atoms with Gasteiger partial charge in [0.15, 0.2) is 5.69 Å². The monoisotopic (exact) mass is 235 g/mol. The predicted molar refractivity (Wildman–Crippen MR) is 62.5 cm³/mol. The highest BCUT2D eigenvalue weighted by Crippen LogP contribution is 2.14. The summed E-state index contributed by atoms with van der Waals surface area (Å²) >= 11 is 0. The fraction of sp³-hybridized carbons (Fsp3) is 0.364. The molecule has 0 fully saturated rings. The van der Waals surface area contributed by atoms with Crippen LogP contribution in [-0.4, -0.2) is 21.9 Å². The minimum absolute atomic E-state index is 0.112. The maximum atomic E-state index is 11.7. The van der Waals surface area contributed by atoms with E-state index in [0.717, 1.165) is 0 Å². The number of nitro groups is 1. The van der Waals surface area contributed by atoms with Gasteiger partial charge in [0.1, 0.15) is 0 Å². The zero-order valence-corrected chi connectivity index (χ0v) is 9.47. The van der Waals surface area contributed by atoms with Crippen molar-refractivity contribution in [2.45, 2.75) is 12.8 Å². The van der Waals surface area contributed by atoms with Crippen LogP contribution in [0.15, 0.2) is 12.1 Å². The lowest BCUT2D eigenvalue weighted by molar-refractivity contribution is -0.391. The molecule has 1 N–H and O–H groups in total. The average molecular weight is 235 g/mol. The van der Waals surface area contributed by atoms with E-state index in [4.69, 9.17) is 6.42 Å². The summed E-state index contributed by atoms with van der Waals surface area (Å²) in [5.41, 5.74) is 0.261. The quantitative estimate of drug-likeness (QED) is 0.359. The molecule has 0 aliphatic rings. The molecule has 0 aliphatic carbocycles. The first kappa shape index (κ1) is 12.8. The van der Waals surface area contributed by atoms with E-state index in [1.807, 2.05) is 0 Å². The summed E-state index contributed by atoms with van der Waals surface area (Å²) in [6.45, 7) is 0.460. The molecule has 0 spiro atoms. The number of unbranched alkanes of at least 4 members (excludes halogenated alkanes) is 1. The fourth-order valence-corrected chi connectivity index (χ4v) is 1.39. The molecule has 6 heteroatoms. The highest BCUT2D eigenvalue weighted by Gasteiger charge is 2.19. The van der Waals surface area contributed by atoms with Gasteiger partial charge < -0.3 is 15.4 Å². The number of terminal acetylenes is 1. The van der Waals surface area contributed by atoms with Crippen molar-refractivity contribution in [1.82, 2.24) is 9.88 Å². The van der Waals surface area contributed by atoms with Gasteiger partial charge in [-0.2, -0.15) is 0 Å². The Morgan fingerprint density at radius 3 is 2.88 bits per heavy atom. The summed E-state index contributed by atoms with van der Waals surface area (Å²) in [4.78, 5) is 21.7. The molecule has 1 aromatic rings. The number of amides is 1. The third-order valence-electron chi connectivity index (χ3n) is 2.30. The van der Waals surface area contributed by atoms with Crippen LogP contribution in [0.4, 0.5) is 5.82 Å². The summed E-state index contributed by atoms with van der Waals surface area (Å²) in [5.74, 6) is 2.02. The molecule has 0 radical (unpaired) electrons. The summed E-state index contributed by atoms with van der Waals surface area (Å²) in [7, 11) is 1.48. The molecule has 90 valence electrons. The van der Waals surface area contributed by atoms with Crippen molar-refractivity contribution in [2.24, 2.45) is 7.05 Å². The number of nitrogens with zero attached hydrogens (tertiary/aromatic N) is 2. The van der Waals surface area contributed by atoms with E-state index in [1.54, 1.807) is 0 Å². The van der Waals surface area contributed by atoms with E-state index in [1.165, 1.54) is 23.7 Å². The first-order valence-corrected chi connectivity index (χ1v) is 5.09. The Kier molecular flexibility index (Phi) is 4.29. The number of carbonyl (C=O) groups is 1. The normalized spacial score (nSPS) is 9.65. The van der Waals surface area contributed by atoms with Crippen molar-refractivity contribution in [1.29, 1.82) is 0 Å². The molecule has 1 heterocycles. The van der Waals surface area contributed by atoms with Gasteiger partial charge in [-0.05, 0) is 17.4 Å². The molecule has 0 bridgehead atoms. The third-order valence-corrected chi connectivity index (χ3v) is 2.30. The summed E-state index contributed by atoms with van der Waals surface area (Å²) in [5, 5.41) is 13.2. The lowest BCUT2D eigenvalue weighted by atomic mass is 10.3. The SMILES string of the molecule is C#CCCCNC(=O)c1ccc([N+](=O)[O-])n1C. The first-order valence-electron chi connectivity index (χ1n) is 5.09. The zero-order chi connectivity index (χ0) is 12.8. The Morgan fingerprint density at radius 1 is 1.65 bits per heavy atom. The zero-order valence-electron chi connectivity index (χ0n) is 9.47. The van der Waals surface area contributed by atoms with Crippen molar-refractivity contribution in [2.75, 3.05) is 6.54 Å². The molecule has 0 aliphatic heterocycles. The molecule has 0 saturated heterocycles. The third kappa shape index (κ3) is 3.08. The summed E-state index contributed by atoms with van der Waals surface area (Å²) in [6.07, 6.45) is 6.36. The van der Waals surface area contributed by atoms with Crippen molar-refractivity contribution in [3.8, 4) is 12.3 Å². The van der Waals surface area contributed by atoms with Crippen molar-refractivity contribution in [3.63, 3.8) is 0 Å². The van der Waals surface area contributed by atoms with Gasteiger partial charge in [-0.25, -0.2) is 4.57 Å². The van der Waals surface area contributed by atoms with Crippen LogP contribution in [-0.2, 0) is 7.05 Å². The van der Waals surface area contributed by atoms with Crippen molar-refractivity contribution < 1.29 is 9.72 Å². The topological polar surface area (TPSA) is 77.2 Å². The Morgan fingerprint density at radius 2 is 2.35 bits per heavy atom. The summed E-state index contributed by atoms with van der Waals surface area (Å²) < 4.78 is 1.25. The minimum atomic E-state index is -0.533. The maximum Gasteiger partial charge on any atom is 0.323 e. The largest absolute Gasteiger partial charge is 0.358 e. The molecule has 1 rings (SSSR count). The maximum absolute atomic E-state index is 11.7. The number of hydrogen-bond donors (Lipinski definition) is 1. The average Bonchev–Trinajstić information content (AvgIpc) is 2.66. The second-order valence-electron chi connectivity index (χ2n) is 3.46. The van der Waals surface area contributed by atoms with E-state index >= 15 is 0 Å². The van der Waals surface area contributed by atoms with E-state index in [-0.39, 0.29) is 17.4 Å². The van der Waals surface area contributed by atoms with Gasteiger partial charge >= 0.3 is 5.82 Å². The minimum Gasteiger partial charge on any atom is -0.358 e. The van der Waals surface area contributed by atoms with Crippen LogP contribution in [0.5, 0.6) is 0 Å². The molecule has 1 amide bonds. The number of nitrogens with one attached hydrogen (secondary N) is 1. The Balaban J connectivity index is 2.64. The molecule has 0 aromatic carbocycles. The lowest BCUT2D eigenvalue weighted by Crippen LogP contribution is -2.26. The van der Waals surface area contributed by atoms with Gasteiger partial charge in [0.2, 0.25) is 0 Å². The van der Waals surface area contributed by atoms with Gasteiger partial charge in [0.05, 0.1) is 7.05 Å². The highest BCUT2D eigenvalue weighted by molar-refractivity contribution is 5.93. The Labute approximate surface area is 98.8 Å². The molecule has 0 atom stereocenters. The summed E-state index contributed by atoms with van der Waals surface area (Å²) in [6, 6.07) is 2.73. The number of rotatable bonds is 5. The standard InChI is InChI=1S/C11H13N3O3/c1-3-4-5-8-12-11(15)9-6-7-10(13(9)2)14(16)17/h1,6-7H,4-5,8H2,2H3,(H,12,15). The van der Waals surface area contributed by atoms with Gasteiger partial charge in [-0.15, -0.1) is 12.3 Å². The lowest BCUT2D eigenvalue weighted by Gasteiger charge is -2.02. The van der Waals surface area contributed by atoms with Crippen LogP contribution in [0, 0.1) is 22.5 Å². The van der Waals surface area contributed by atoms with E-state index in [2.05, 4.69) is 11.2 Å². The van der Waals surface area contributed by atoms with E-state index in [0.29, 0.717) is 19.4 Å². The number of aromatic nitrogens is 1. The predicted octanol–water partition coefficient (Wildman–Crippen LogP) is 1.08. The second kappa shape index (κ2) is 5.70.